The SMILES string of the molecule is Cc1ccc(-c2ccc(-c3cc(-c4nc(-c5ccccc5)nc(-c5ccccc5)n4)cc(-c4cccc5c4sc4ccccc45)c3)cc2)cc1. The average molecular weight is 658 g/mol. The van der Waals surface area contributed by atoms with Gasteiger partial charge in [-0.2, -0.15) is 0 Å². The molecule has 4 heteroatoms. The van der Waals surface area contributed by atoms with E-state index in [4.69, 9.17) is 15.0 Å². The van der Waals surface area contributed by atoms with Crippen LogP contribution in [0.4, 0.5) is 0 Å². The zero-order chi connectivity index (χ0) is 33.4. The van der Waals surface area contributed by atoms with Crippen LogP contribution in [0.15, 0.2) is 170 Å². The van der Waals surface area contributed by atoms with Crippen molar-refractivity contribution >= 4 is 31.5 Å². The molecule has 236 valence electrons. The van der Waals surface area contributed by atoms with Crippen molar-refractivity contribution in [1.82, 2.24) is 15.0 Å². The van der Waals surface area contributed by atoms with Crippen LogP contribution in [0, 0.1) is 6.92 Å². The number of aryl methyl sites for hydroxylation is 1. The molecule has 0 saturated heterocycles. The molecule has 0 atom stereocenters. The van der Waals surface area contributed by atoms with Gasteiger partial charge in [0.15, 0.2) is 17.5 Å². The van der Waals surface area contributed by atoms with Crippen molar-refractivity contribution in [1.29, 1.82) is 0 Å². The molecule has 2 aromatic heterocycles. The van der Waals surface area contributed by atoms with Crippen LogP contribution >= 0.6 is 11.3 Å². The van der Waals surface area contributed by atoms with Crippen molar-refractivity contribution in [2.75, 3.05) is 0 Å². The minimum Gasteiger partial charge on any atom is -0.208 e. The van der Waals surface area contributed by atoms with Gasteiger partial charge in [0.05, 0.1) is 0 Å². The zero-order valence-corrected chi connectivity index (χ0v) is 28.2. The summed E-state index contributed by atoms with van der Waals surface area (Å²) in [7, 11) is 0. The lowest BCUT2D eigenvalue weighted by Crippen LogP contribution is -2.00. The smallest absolute Gasteiger partial charge is 0.164 e. The van der Waals surface area contributed by atoms with E-state index < -0.39 is 0 Å². The molecule has 2 heterocycles. The summed E-state index contributed by atoms with van der Waals surface area (Å²) >= 11 is 1.85. The Balaban J connectivity index is 1.26. The minimum absolute atomic E-state index is 0.639. The molecule has 0 unspecified atom stereocenters. The van der Waals surface area contributed by atoms with E-state index in [1.807, 2.05) is 72.0 Å². The molecule has 0 radical (unpaired) electrons. The lowest BCUT2D eigenvalue weighted by molar-refractivity contribution is 1.07. The zero-order valence-electron chi connectivity index (χ0n) is 27.4. The number of hydrogen-bond acceptors (Lipinski definition) is 4. The van der Waals surface area contributed by atoms with E-state index in [1.54, 1.807) is 0 Å². The lowest BCUT2D eigenvalue weighted by Gasteiger charge is -2.13. The van der Waals surface area contributed by atoms with Gasteiger partial charge in [0, 0.05) is 36.9 Å². The normalized spacial score (nSPS) is 11.3. The van der Waals surface area contributed by atoms with Gasteiger partial charge in [0.2, 0.25) is 0 Å². The quantitative estimate of drug-likeness (QED) is 0.179. The maximum atomic E-state index is 5.11. The van der Waals surface area contributed by atoms with Gasteiger partial charge in [-0.25, -0.2) is 15.0 Å². The van der Waals surface area contributed by atoms with Crippen molar-refractivity contribution in [3.05, 3.63) is 175 Å². The van der Waals surface area contributed by atoms with E-state index in [2.05, 4.69) is 116 Å². The molecule has 3 nitrogen and oxygen atoms in total. The Morgan fingerprint density at radius 3 is 1.48 bits per heavy atom. The van der Waals surface area contributed by atoms with Gasteiger partial charge in [0.1, 0.15) is 0 Å². The molecular formula is C46H31N3S. The molecule has 0 aliphatic carbocycles. The second-order valence-electron chi connectivity index (χ2n) is 12.6. The van der Waals surface area contributed by atoms with Crippen LogP contribution in [0.25, 0.3) is 87.7 Å². The van der Waals surface area contributed by atoms with Gasteiger partial charge in [0.25, 0.3) is 0 Å². The van der Waals surface area contributed by atoms with E-state index in [-0.39, 0.29) is 0 Å². The first-order chi connectivity index (χ1) is 24.7. The molecule has 0 aliphatic heterocycles. The second kappa shape index (κ2) is 12.7. The van der Waals surface area contributed by atoms with E-state index in [0.29, 0.717) is 17.5 Å². The number of aromatic nitrogens is 3. The molecule has 0 aliphatic rings. The van der Waals surface area contributed by atoms with Crippen molar-refractivity contribution < 1.29 is 0 Å². The molecule has 9 rings (SSSR count). The van der Waals surface area contributed by atoms with Crippen molar-refractivity contribution in [3.8, 4) is 67.5 Å². The Labute approximate surface area is 295 Å². The van der Waals surface area contributed by atoms with Gasteiger partial charge < -0.3 is 0 Å². The van der Waals surface area contributed by atoms with Gasteiger partial charge in [-0.3, -0.25) is 0 Å². The minimum atomic E-state index is 0.639. The van der Waals surface area contributed by atoms with Gasteiger partial charge >= 0.3 is 0 Å². The first kappa shape index (κ1) is 29.9. The number of benzene rings is 7. The molecule has 0 spiro atoms. The van der Waals surface area contributed by atoms with E-state index in [0.717, 1.165) is 33.4 Å². The molecule has 0 bridgehead atoms. The topological polar surface area (TPSA) is 38.7 Å². The first-order valence-corrected chi connectivity index (χ1v) is 17.6. The van der Waals surface area contributed by atoms with Crippen LogP contribution in [0.3, 0.4) is 0 Å². The highest BCUT2D eigenvalue weighted by Gasteiger charge is 2.17. The molecule has 9 aromatic rings. The predicted octanol–water partition coefficient (Wildman–Crippen LogP) is 12.5. The van der Waals surface area contributed by atoms with Crippen LogP contribution in [-0.4, -0.2) is 15.0 Å². The third-order valence-corrected chi connectivity index (χ3v) is 10.4. The summed E-state index contributed by atoms with van der Waals surface area (Å²) in [6.45, 7) is 2.12. The Hall–Kier alpha value is -6.23. The van der Waals surface area contributed by atoms with E-state index >= 15 is 0 Å². The highest BCUT2D eigenvalue weighted by Crippen LogP contribution is 2.42. The summed E-state index contributed by atoms with van der Waals surface area (Å²) in [5, 5.41) is 2.56. The fourth-order valence-electron chi connectivity index (χ4n) is 6.59. The number of fused-ring (bicyclic) bond motifs is 3. The summed E-state index contributed by atoms with van der Waals surface area (Å²) in [5.41, 5.74) is 11.1. The van der Waals surface area contributed by atoms with E-state index in [1.165, 1.54) is 42.4 Å². The van der Waals surface area contributed by atoms with Crippen LogP contribution < -0.4 is 0 Å². The maximum absolute atomic E-state index is 5.11. The van der Waals surface area contributed by atoms with Crippen LogP contribution in [0.1, 0.15) is 5.56 Å². The summed E-state index contributed by atoms with van der Waals surface area (Å²) in [4.78, 5) is 15.2. The molecule has 0 N–H and O–H groups in total. The Morgan fingerprint density at radius 2 is 0.840 bits per heavy atom. The molecular weight excluding hydrogens is 627 g/mol. The highest BCUT2D eigenvalue weighted by atomic mass is 32.1. The number of rotatable bonds is 6. The number of nitrogens with zero attached hydrogens (tertiary/aromatic N) is 3. The fraction of sp³-hybridized carbons (Fsp3) is 0.0217. The maximum Gasteiger partial charge on any atom is 0.164 e. The summed E-state index contributed by atoms with van der Waals surface area (Å²) < 4.78 is 2.56. The van der Waals surface area contributed by atoms with Crippen molar-refractivity contribution in [3.63, 3.8) is 0 Å². The third-order valence-electron chi connectivity index (χ3n) is 9.21. The largest absolute Gasteiger partial charge is 0.208 e. The molecule has 7 aromatic carbocycles. The molecule has 50 heavy (non-hydrogen) atoms. The fourth-order valence-corrected chi connectivity index (χ4v) is 7.83. The number of hydrogen-bond donors (Lipinski definition) is 0. The van der Waals surface area contributed by atoms with Gasteiger partial charge in [-0.15, -0.1) is 11.3 Å². The third kappa shape index (κ3) is 5.66. The highest BCUT2D eigenvalue weighted by molar-refractivity contribution is 7.26. The monoisotopic (exact) mass is 657 g/mol. The average Bonchev–Trinajstić information content (AvgIpc) is 3.58. The summed E-state index contributed by atoms with van der Waals surface area (Å²) in [6, 6.07) is 59.9. The van der Waals surface area contributed by atoms with Crippen LogP contribution in [0.5, 0.6) is 0 Å². The van der Waals surface area contributed by atoms with Crippen LogP contribution in [0.2, 0.25) is 0 Å². The van der Waals surface area contributed by atoms with Gasteiger partial charge in [-0.05, 0) is 64.6 Å². The molecule has 0 saturated carbocycles. The van der Waals surface area contributed by atoms with Crippen molar-refractivity contribution in [2.45, 2.75) is 6.92 Å². The summed E-state index contributed by atoms with van der Waals surface area (Å²) in [5.74, 6) is 1.94. The van der Waals surface area contributed by atoms with E-state index in [9.17, 15) is 0 Å². The molecule has 0 amide bonds. The Bertz CT molecular complexity index is 2570. The Morgan fingerprint density at radius 1 is 0.360 bits per heavy atom. The summed E-state index contributed by atoms with van der Waals surface area (Å²) in [6.07, 6.45) is 0. The van der Waals surface area contributed by atoms with Gasteiger partial charge in [-0.1, -0.05) is 151 Å². The Kier molecular flexibility index (Phi) is 7.57. The first-order valence-electron chi connectivity index (χ1n) is 16.8. The standard InChI is InChI=1S/C46H31N3S/c1-30-19-21-31(22-20-30)32-23-25-33(26-24-32)36-27-37(39-16-10-17-41-40-15-8-9-18-42(40)50-43(39)41)29-38(28-36)46-48-44(34-11-4-2-5-12-34)47-45(49-46)35-13-6-3-7-14-35/h2-29H,1H3. The number of thiophene rings is 1. The second-order valence-corrected chi connectivity index (χ2v) is 13.6. The predicted molar refractivity (Wildman–Crippen MR) is 210 cm³/mol. The lowest BCUT2D eigenvalue weighted by atomic mass is 9.94. The molecule has 0 fully saturated rings. The van der Waals surface area contributed by atoms with Crippen molar-refractivity contribution in [2.24, 2.45) is 0 Å². The van der Waals surface area contributed by atoms with Crippen LogP contribution in [-0.2, 0) is 0 Å².